The van der Waals surface area contributed by atoms with E-state index in [1.54, 1.807) is 11.8 Å². The Kier molecular flexibility index (Phi) is 7.90. The van der Waals surface area contributed by atoms with E-state index in [2.05, 4.69) is 10.6 Å². The molecule has 4 nitrogen and oxygen atoms in total. The number of benzene rings is 3. The van der Waals surface area contributed by atoms with Crippen LogP contribution in [0.3, 0.4) is 0 Å². The summed E-state index contributed by atoms with van der Waals surface area (Å²) in [5.74, 6) is 0.559. The van der Waals surface area contributed by atoms with Crippen molar-refractivity contribution < 1.29 is 9.59 Å². The average Bonchev–Trinajstić information content (AvgIpc) is 2.74. The summed E-state index contributed by atoms with van der Waals surface area (Å²) in [5.41, 5.74) is 1.91. The first-order valence-electron chi connectivity index (χ1n) is 9.59. The highest BCUT2D eigenvalue weighted by molar-refractivity contribution is 8.02. The summed E-state index contributed by atoms with van der Waals surface area (Å²) in [4.78, 5) is 24.0. The fourth-order valence-electron chi connectivity index (χ4n) is 2.80. The van der Waals surface area contributed by atoms with E-state index >= 15 is 0 Å². The normalized spacial score (nSPS) is 10.9. The number of fused-ring (bicyclic) bond motifs is 1. The molecule has 148 valence electrons. The van der Waals surface area contributed by atoms with E-state index in [-0.39, 0.29) is 18.2 Å². The quantitative estimate of drug-likeness (QED) is 0.489. The van der Waals surface area contributed by atoms with Gasteiger partial charge in [-0.2, -0.15) is 0 Å². The minimum absolute atomic E-state index is 0.0379. The van der Waals surface area contributed by atoms with Gasteiger partial charge in [-0.1, -0.05) is 60.7 Å². The number of amides is 2. The highest BCUT2D eigenvalue weighted by atomic mass is 32.2. The van der Waals surface area contributed by atoms with Crippen LogP contribution in [0.1, 0.15) is 18.4 Å². The first-order valence-corrected chi connectivity index (χ1v) is 10.6. The largest absolute Gasteiger partial charge is 0.356 e. The van der Waals surface area contributed by atoms with E-state index in [1.165, 1.54) is 0 Å². The van der Waals surface area contributed by atoms with Gasteiger partial charge in [0.2, 0.25) is 11.8 Å². The molecule has 2 N–H and O–H groups in total. The molecule has 3 aromatic rings. The maximum absolute atomic E-state index is 12.1. The second kappa shape index (κ2) is 11.1. The number of nitrogens with one attached hydrogen (secondary N) is 2. The van der Waals surface area contributed by atoms with Crippen molar-refractivity contribution in [3.63, 3.8) is 0 Å². The summed E-state index contributed by atoms with van der Waals surface area (Å²) in [7, 11) is 0. The summed E-state index contributed by atoms with van der Waals surface area (Å²) >= 11 is 1.60. The van der Waals surface area contributed by atoms with Crippen LogP contribution in [-0.2, 0) is 9.59 Å². The molecule has 5 heteroatoms. The molecule has 0 unspecified atom stereocenters. The van der Waals surface area contributed by atoms with E-state index in [0.717, 1.165) is 22.0 Å². The van der Waals surface area contributed by atoms with E-state index < -0.39 is 0 Å². The second-order valence-corrected chi connectivity index (χ2v) is 7.56. The molecule has 0 aliphatic heterocycles. The summed E-state index contributed by atoms with van der Waals surface area (Å²) in [6, 6.07) is 23.9. The van der Waals surface area contributed by atoms with Crippen molar-refractivity contribution in [1.82, 2.24) is 5.32 Å². The van der Waals surface area contributed by atoms with E-state index in [9.17, 15) is 9.59 Å². The third-order valence-corrected chi connectivity index (χ3v) is 5.08. The van der Waals surface area contributed by atoms with Gasteiger partial charge in [0, 0.05) is 30.8 Å². The summed E-state index contributed by atoms with van der Waals surface area (Å²) in [5, 5.41) is 9.89. The van der Waals surface area contributed by atoms with Gasteiger partial charge < -0.3 is 10.6 Å². The van der Waals surface area contributed by atoms with E-state index in [0.29, 0.717) is 18.7 Å². The third-order valence-electron chi connectivity index (χ3n) is 4.31. The van der Waals surface area contributed by atoms with E-state index in [4.69, 9.17) is 0 Å². The molecule has 2 amide bonds. The highest BCUT2D eigenvalue weighted by Crippen LogP contribution is 2.18. The molecule has 0 fully saturated rings. The standard InChI is InChI=1S/C24H24N2O2S/c27-23(14-17-29-16-13-19-6-2-1-3-7-19)25-15-12-24(28)26-22-11-10-20-8-4-5-9-21(20)18-22/h1-11,13,16,18H,12,14-15,17H2,(H,25,27)(H,26,28). The van der Waals surface area contributed by atoms with Crippen molar-refractivity contribution in [3.8, 4) is 0 Å². The molecule has 29 heavy (non-hydrogen) atoms. The van der Waals surface area contributed by atoms with Gasteiger partial charge in [-0.25, -0.2) is 0 Å². The molecule has 3 rings (SSSR count). The lowest BCUT2D eigenvalue weighted by Crippen LogP contribution is -2.27. The summed E-state index contributed by atoms with van der Waals surface area (Å²) in [6.45, 7) is 0.336. The highest BCUT2D eigenvalue weighted by Gasteiger charge is 2.05. The predicted molar refractivity (Wildman–Crippen MR) is 123 cm³/mol. The van der Waals surface area contributed by atoms with Gasteiger partial charge in [0.25, 0.3) is 0 Å². The molecule has 0 heterocycles. The van der Waals surface area contributed by atoms with Crippen molar-refractivity contribution in [3.05, 3.63) is 83.8 Å². The minimum atomic E-state index is -0.110. The molecular weight excluding hydrogens is 380 g/mol. The number of hydrogen-bond acceptors (Lipinski definition) is 3. The Bertz CT molecular complexity index is 986. The van der Waals surface area contributed by atoms with Crippen molar-refractivity contribution >= 4 is 46.1 Å². The van der Waals surface area contributed by atoms with Crippen LogP contribution < -0.4 is 10.6 Å². The zero-order valence-corrected chi connectivity index (χ0v) is 17.0. The molecule has 0 spiro atoms. The van der Waals surface area contributed by atoms with Crippen molar-refractivity contribution in [1.29, 1.82) is 0 Å². The zero-order valence-electron chi connectivity index (χ0n) is 16.1. The van der Waals surface area contributed by atoms with Crippen LogP contribution in [0.5, 0.6) is 0 Å². The topological polar surface area (TPSA) is 58.2 Å². The molecule has 0 radical (unpaired) electrons. The zero-order chi connectivity index (χ0) is 20.3. The molecule has 3 aromatic carbocycles. The lowest BCUT2D eigenvalue weighted by molar-refractivity contribution is -0.120. The number of hydrogen-bond donors (Lipinski definition) is 2. The second-order valence-electron chi connectivity index (χ2n) is 6.54. The van der Waals surface area contributed by atoms with Crippen molar-refractivity contribution in [2.75, 3.05) is 17.6 Å². The first-order chi connectivity index (χ1) is 14.2. The summed E-state index contributed by atoms with van der Waals surface area (Å²) < 4.78 is 0. The lowest BCUT2D eigenvalue weighted by Gasteiger charge is -2.07. The van der Waals surface area contributed by atoms with Gasteiger partial charge in [0.05, 0.1) is 0 Å². The molecule has 0 aliphatic rings. The van der Waals surface area contributed by atoms with Crippen LogP contribution in [0.25, 0.3) is 16.8 Å². The molecule has 0 aromatic heterocycles. The van der Waals surface area contributed by atoms with Crippen molar-refractivity contribution in [2.24, 2.45) is 0 Å². The van der Waals surface area contributed by atoms with Crippen LogP contribution in [0.2, 0.25) is 0 Å². The Morgan fingerprint density at radius 1 is 0.828 bits per heavy atom. The molecular formula is C24H24N2O2S. The van der Waals surface area contributed by atoms with Crippen LogP contribution >= 0.6 is 11.8 Å². The fraction of sp³-hybridized carbons (Fsp3) is 0.167. The van der Waals surface area contributed by atoms with Gasteiger partial charge in [0.1, 0.15) is 0 Å². The Morgan fingerprint density at radius 3 is 2.41 bits per heavy atom. The monoisotopic (exact) mass is 404 g/mol. The molecule has 0 aliphatic carbocycles. The van der Waals surface area contributed by atoms with Gasteiger partial charge >= 0.3 is 0 Å². The number of carbonyl (C=O) groups excluding carboxylic acids is 2. The molecule has 0 saturated heterocycles. The number of carbonyl (C=O) groups is 2. The van der Waals surface area contributed by atoms with Crippen LogP contribution in [0, 0.1) is 0 Å². The molecule has 0 saturated carbocycles. The summed E-state index contributed by atoms with van der Waals surface area (Å²) in [6.07, 6.45) is 2.70. The number of anilines is 1. The lowest BCUT2D eigenvalue weighted by atomic mass is 10.1. The van der Waals surface area contributed by atoms with Crippen LogP contribution in [0.4, 0.5) is 5.69 Å². The number of rotatable bonds is 9. The minimum Gasteiger partial charge on any atom is -0.356 e. The smallest absolute Gasteiger partial charge is 0.226 e. The molecule has 0 bridgehead atoms. The predicted octanol–water partition coefficient (Wildman–Crippen LogP) is 5.08. The molecule has 0 atom stereocenters. The maximum Gasteiger partial charge on any atom is 0.226 e. The Balaban J connectivity index is 1.31. The van der Waals surface area contributed by atoms with Gasteiger partial charge in [-0.05, 0) is 40.0 Å². The Hall–Kier alpha value is -3.05. The fourth-order valence-corrected chi connectivity index (χ4v) is 3.50. The average molecular weight is 405 g/mol. The number of thioether (sulfide) groups is 1. The maximum atomic E-state index is 12.1. The van der Waals surface area contributed by atoms with Gasteiger partial charge in [0.15, 0.2) is 0 Å². The van der Waals surface area contributed by atoms with Crippen LogP contribution in [0.15, 0.2) is 78.2 Å². The first kappa shape index (κ1) is 20.7. The van der Waals surface area contributed by atoms with E-state index in [1.807, 2.05) is 84.3 Å². The SMILES string of the molecule is O=C(CCSC=Cc1ccccc1)NCCC(=O)Nc1ccc2ccccc2c1. The van der Waals surface area contributed by atoms with Crippen LogP contribution in [-0.4, -0.2) is 24.1 Å². The Labute approximate surface area is 175 Å². The Morgan fingerprint density at radius 2 is 1.59 bits per heavy atom. The van der Waals surface area contributed by atoms with Crippen molar-refractivity contribution in [2.45, 2.75) is 12.8 Å². The van der Waals surface area contributed by atoms with Gasteiger partial charge in [-0.3, -0.25) is 9.59 Å². The van der Waals surface area contributed by atoms with Gasteiger partial charge in [-0.15, -0.1) is 11.8 Å². The third kappa shape index (κ3) is 7.12.